The van der Waals surface area contributed by atoms with Gasteiger partial charge >= 0.3 is 0 Å². The molecule has 2 heterocycles. The van der Waals surface area contributed by atoms with Gasteiger partial charge in [-0.15, -0.1) is 0 Å². The maximum atomic E-state index is 5.66. The zero-order chi connectivity index (χ0) is 13.0. The van der Waals surface area contributed by atoms with Crippen molar-refractivity contribution in [2.75, 3.05) is 44.2 Å². The first kappa shape index (κ1) is 13.7. The fourth-order valence-electron chi connectivity index (χ4n) is 2.11. The molecule has 2 rings (SSSR count). The summed E-state index contributed by atoms with van der Waals surface area (Å²) in [4.78, 5) is 13.4. The lowest BCUT2D eigenvalue weighted by Crippen LogP contribution is -2.48. The molecule has 0 amide bonds. The van der Waals surface area contributed by atoms with Crippen molar-refractivity contribution in [3.05, 3.63) is 16.9 Å². The SMILES string of the molecule is CC(CN)CN1CCN(c2ncc(Br)cn2)CC1. The van der Waals surface area contributed by atoms with Gasteiger partial charge in [-0.05, 0) is 28.4 Å². The van der Waals surface area contributed by atoms with Gasteiger partial charge in [-0.3, -0.25) is 4.90 Å². The summed E-state index contributed by atoms with van der Waals surface area (Å²) in [7, 11) is 0. The molecule has 0 spiro atoms. The second-order valence-electron chi connectivity index (χ2n) is 4.83. The number of hydrogen-bond donors (Lipinski definition) is 1. The second kappa shape index (κ2) is 6.45. The molecule has 1 aromatic rings. The first-order valence-electron chi connectivity index (χ1n) is 6.34. The van der Waals surface area contributed by atoms with Crippen molar-refractivity contribution in [1.29, 1.82) is 0 Å². The van der Waals surface area contributed by atoms with Crippen LogP contribution in [0.3, 0.4) is 0 Å². The quantitative estimate of drug-likeness (QED) is 0.897. The summed E-state index contributed by atoms with van der Waals surface area (Å²) in [5, 5.41) is 0. The number of aromatic nitrogens is 2. The molecule has 1 atom stereocenters. The second-order valence-corrected chi connectivity index (χ2v) is 5.75. The van der Waals surface area contributed by atoms with Crippen LogP contribution < -0.4 is 10.6 Å². The van der Waals surface area contributed by atoms with Crippen molar-refractivity contribution in [3.8, 4) is 0 Å². The van der Waals surface area contributed by atoms with Gasteiger partial charge in [0.1, 0.15) is 0 Å². The molecule has 0 aliphatic carbocycles. The van der Waals surface area contributed by atoms with Crippen molar-refractivity contribution in [2.45, 2.75) is 6.92 Å². The van der Waals surface area contributed by atoms with Crippen LogP contribution in [0.25, 0.3) is 0 Å². The molecule has 1 aliphatic heterocycles. The van der Waals surface area contributed by atoms with E-state index >= 15 is 0 Å². The summed E-state index contributed by atoms with van der Waals surface area (Å²) in [5.41, 5.74) is 5.66. The summed E-state index contributed by atoms with van der Waals surface area (Å²) >= 11 is 3.35. The van der Waals surface area contributed by atoms with E-state index < -0.39 is 0 Å². The van der Waals surface area contributed by atoms with Gasteiger partial charge in [0.05, 0.1) is 4.47 Å². The lowest BCUT2D eigenvalue weighted by atomic mass is 10.1. The fourth-order valence-corrected chi connectivity index (χ4v) is 2.32. The Balaban J connectivity index is 1.84. The van der Waals surface area contributed by atoms with Gasteiger partial charge in [-0.1, -0.05) is 6.92 Å². The van der Waals surface area contributed by atoms with Crippen LogP contribution in [0, 0.1) is 5.92 Å². The number of anilines is 1. The molecule has 1 aliphatic rings. The van der Waals surface area contributed by atoms with E-state index in [9.17, 15) is 0 Å². The van der Waals surface area contributed by atoms with Gasteiger partial charge in [-0.2, -0.15) is 0 Å². The maximum absolute atomic E-state index is 5.66. The summed E-state index contributed by atoms with van der Waals surface area (Å²) < 4.78 is 0.918. The summed E-state index contributed by atoms with van der Waals surface area (Å²) in [6.45, 7) is 8.14. The Morgan fingerprint density at radius 3 is 2.44 bits per heavy atom. The smallest absolute Gasteiger partial charge is 0.225 e. The molecule has 1 fully saturated rings. The first-order valence-corrected chi connectivity index (χ1v) is 7.13. The van der Waals surface area contributed by atoms with Crippen LogP contribution in [0.1, 0.15) is 6.92 Å². The maximum Gasteiger partial charge on any atom is 0.225 e. The van der Waals surface area contributed by atoms with Gasteiger partial charge in [0.15, 0.2) is 0 Å². The lowest BCUT2D eigenvalue weighted by molar-refractivity contribution is 0.226. The standard InChI is InChI=1S/C12H20BrN5/c1-10(6-14)9-17-2-4-18(5-3-17)12-15-7-11(13)8-16-12/h7-8,10H,2-6,9,14H2,1H3. The van der Waals surface area contributed by atoms with Crippen LogP contribution in [0.4, 0.5) is 5.95 Å². The Morgan fingerprint density at radius 1 is 1.28 bits per heavy atom. The van der Waals surface area contributed by atoms with Crippen molar-refractivity contribution in [2.24, 2.45) is 11.7 Å². The zero-order valence-corrected chi connectivity index (χ0v) is 12.3. The van der Waals surface area contributed by atoms with E-state index in [0.29, 0.717) is 5.92 Å². The topological polar surface area (TPSA) is 58.3 Å². The van der Waals surface area contributed by atoms with Crippen LogP contribution in [-0.4, -0.2) is 54.1 Å². The highest BCUT2D eigenvalue weighted by Crippen LogP contribution is 2.13. The Morgan fingerprint density at radius 2 is 1.89 bits per heavy atom. The van der Waals surface area contributed by atoms with Crippen LogP contribution in [0.15, 0.2) is 16.9 Å². The number of rotatable bonds is 4. The third kappa shape index (κ3) is 3.63. The van der Waals surface area contributed by atoms with Gasteiger partial charge in [-0.25, -0.2) is 9.97 Å². The molecule has 100 valence electrons. The first-order chi connectivity index (χ1) is 8.69. The van der Waals surface area contributed by atoms with Gasteiger partial charge in [0, 0.05) is 45.1 Å². The van der Waals surface area contributed by atoms with Crippen LogP contribution in [0.2, 0.25) is 0 Å². The number of piperazine rings is 1. The summed E-state index contributed by atoms with van der Waals surface area (Å²) in [6.07, 6.45) is 3.59. The Bertz CT molecular complexity index is 361. The molecule has 0 radical (unpaired) electrons. The zero-order valence-electron chi connectivity index (χ0n) is 10.7. The predicted octanol–water partition coefficient (Wildman–Crippen LogP) is 0.956. The van der Waals surface area contributed by atoms with Crippen LogP contribution >= 0.6 is 15.9 Å². The molecule has 1 saturated heterocycles. The lowest BCUT2D eigenvalue weighted by Gasteiger charge is -2.35. The molecule has 1 aromatic heterocycles. The molecular formula is C12H20BrN5. The van der Waals surface area contributed by atoms with Crippen molar-refractivity contribution in [1.82, 2.24) is 14.9 Å². The molecule has 5 nitrogen and oxygen atoms in total. The normalized spacial score (nSPS) is 18.9. The highest BCUT2D eigenvalue weighted by atomic mass is 79.9. The number of halogens is 1. The minimum absolute atomic E-state index is 0.570. The third-order valence-corrected chi connectivity index (χ3v) is 3.64. The average Bonchev–Trinajstić information content (AvgIpc) is 2.40. The van der Waals surface area contributed by atoms with E-state index in [1.165, 1.54) is 0 Å². The van der Waals surface area contributed by atoms with E-state index in [1.807, 2.05) is 0 Å². The third-order valence-electron chi connectivity index (χ3n) is 3.23. The number of hydrogen-bond acceptors (Lipinski definition) is 5. The van der Waals surface area contributed by atoms with Crippen LogP contribution in [0.5, 0.6) is 0 Å². The van der Waals surface area contributed by atoms with E-state index in [2.05, 4.69) is 42.6 Å². The fraction of sp³-hybridized carbons (Fsp3) is 0.667. The Kier molecular flexibility index (Phi) is 4.91. The van der Waals surface area contributed by atoms with Crippen molar-refractivity contribution in [3.63, 3.8) is 0 Å². The van der Waals surface area contributed by atoms with Crippen LogP contribution in [-0.2, 0) is 0 Å². The minimum atomic E-state index is 0.570. The largest absolute Gasteiger partial charge is 0.338 e. The van der Waals surface area contributed by atoms with E-state index in [1.54, 1.807) is 12.4 Å². The highest BCUT2D eigenvalue weighted by molar-refractivity contribution is 9.10. The molecule has 2 N–H and O–H groups in total. The molecule has 0 saturated carbocycles. The Labute approximate surface area is 117 Å². The molecule has 6 heteroatoms. The average molecular weight is 314 g/mol. The predicted molar refractivity (Wildman–Crippen MR) is 76.6 cm³/mol. The summed E-state index contributed by atoms with van der Waals surface area (Å²) in [5.74, 6) is 1.39. The molecule has 0 bridgehead atoms. The number of nitrogens with zero attached hydrogens (tertiary/aromatic N) is 4. The van der Waals surface area contributed by atoms with Gasteiger partial charge in [0.2, 0.25) is 5.95 Å². The number of nitrogens with two attached hydrogens (primary N) is 1. The van der Waals surface area contributed by atoms with E-state index in [-0.39, 0.29) is 0 Å². The van der Waals surface area contributed by atoms with E-state index in [0.717, 1.165) is 49.7 Å². The van der Waals surface area contributed by atoms with E-state index in [4.69, 9.17) is 5.73 Å². The Hall–Kier alpha value is -0.720. The summed E-state index contributed by atoms with van der Waals surface area (Å²) in [6, 6.07) is 0. The van der Waals surface area contributed by atoms with Gasteiger partial charge < -0.3 is 10.6 Å². The molecule has 1 unspecified atom stereocenters. The highest BCUT2D eigenvalue weighted by Gasteiger charge is 2.19. The van der Waals surface area contributed by atoms with Crippen molar-refractivity contribution >= 4 is 21.9 Å². The van der Waals surface area contributed by atoms with Crippen molar-refractivity contribution < 1.29 is 0 Å². The monoisotopic (exact) mass is 313 g/mol. The molecule has 0 aromatic carbocycles. The van der Waals surface area contributed by atoms with Gasteiger partial charge in [0.25, 0.3) is 0 Å². The molecule has 18 heavy (non-hydrogen) atoms. The minimum Gasteiger partial charge on any atom is -0.338 e. The molecular weight excluding hydrogens is 294 g/mol.